The molecule has 100 valence electrons. The van der Waals surface area contributed by atoms with Gasteiger partial charge >= 0.3 is 0 Å². The van der Waals surface area contributed by atoms with Gasteiger partial charge in [-0.2, -0.15) is 0 Å². The summed E-state index contributed by atoms with van der Waals surface area (Å²) >= 11 is 0. The summed E-state index contributed by atoms with van der Waals surface area (Å²) in [5.74, 6) is -0.00924. The molecule has 17 heavy (non-hydrogen) atoms. The molecule has 1 aliphatic carbocycles. The molecule has 0 aromatic carbocycles. The van der Waals surface area contributed by atoms with Gasteiger partial charge in [0.1, 0.15) is 6.10 Å². The molecule has 0 aliphatic heterocycles. The molecule has 2 unspecified atom stereocenters. The zero-order valence-electron chi connectivity index (χ0n) is 11.3. The van der Waals surface area contributed by atoms with E-state index < -0.39 is 11.7 Å². The number of ether oxygens (including phenoxy) is 1. The first-order chi connectivity index (χ1) is 8.00. The predicted octanol–water partition coefficient (Wildman–Crippen LogP) is 1.58. The lowest BCUT2D eigenvalue weighted by Gasteiger charge is -2.30. The minimum atomic E-state index is -0.427. The molecular formula is C13H26N2O2. The molecule has 0 saturated heterocycles. The molecule has 0 aromatic rings. The standard InChI is InChI=1S/C13H26N2O2/c1-4-13(3,9-14)17-10(2)12(16)15-11-7-5-6-8-11/h10-11H,4-9,14H2,1-3H3,(H,15,16). The first-order valence-corrected chi connectivity index (χ1v) is 6.69. The monoisotopic (exact) mass is 242 g/mol. The zero-order valence-corrected chi connectivity index (χ0v) is 11.3. The minimum absolute atomic E-state index is 0.00924. The smallest absolute Gasteiger partial charge is 0.249 e. The number of carbonyl (C=O) groups excluding carboxylic acids is 1. The predicted molar refractivity (Wildman–Crippen MR) is 68.7 cm³/mol. The van der Waals surface area contributed by atoms with E-state index in [9.17, 15) is 4.79 Å². The summed E-state index contributed by atoms with van der Waals surface area (Å²) in [5, 5.41) is 3.04. The molecule has 4 nitrogen and oxygen atoms in total. The lowest BCUT2D eigenvalue weighted by molar-refractivity contribution is -0.143. The van der Waals surface area contributed by atoms with Gasteiger partial charge in [0.15, 0.2) is 0 Å². The van der Waals surface area contributed by atoms with Gasteiger partial charge in [-0.25, -0.2) is 0 Å². The summed E-state index contributed by atoms with van der Waals surface area (Å²) in [6.07, 6.45) is 5.01. The molecule has 0 heterocycles. The van der Waals surface area contributed by atoms with Crippen molar-refractivity contribution in [2.75, 3.05) is 6.54 Å². The SMILES string of the molecule is CCC(C)(CN)OC(C)C(=O)NC1CCCC1. The summed E-state index contributed by atoms with van der Waals surface area (Å²) in [6.45, 7) is 6.21. The van der Waals surface area contributed by atoms with Gasteiger partial charge in [-0.15, -0.1) is 0 Å². The summed E-state index contributed by atoms with van der Waals surface area (Å²) in [6, 6.07) is 0.347. The molecular weight excluding hydrogens is 216 g/mol. The Balaban J connectivity index is 2.40. The van der Waals surface area contributed by atoms with E-state index in [1.807, 2.05) is 13.8 Å². The summed E-state index contributed by atoms with van der Waals surface area (Å²) in [5.41, 5.74) is 5.28. The van der Waals surface area contributed by atoms with Crippen molar-refractivity contribution < 1.29 is 9.53 Å². The number of carbonyl (C=O) groups is 1. The number of rotatable bonds is 6. The molecule has 0 spiro atoms. The van der Waals surface area contributed by atoms with E-state index in [2.05, 4.69) is 5.32 Å². The quantitative estimate of drug-likeness (QED) is 0.743. The molecule has 1 amide bonds. The topological polar surface area (TPSA) is 64.3 Å². The maximum Gasteiger partial charge on any atom is 0.249 e. The van der Waals surface area contributed by atoms with Gasteiger partial charge in [-0.1, -0.05) is 19.8 Å². The van der Waals surface area contributed by atoms with Crippen molar-refractivity contribution in [1.29, 1.82) is 0 Å². The summed E-state index contributed by atoms with van der Waals surface area (Å²) in [7, 11) is 0. The largest absolute Gasteiger partial charge is 0.361 e. The van der Waals surface area contributed by atoms with Crippen LogP contribution in [0.3, 0.4) is 0 Å². The number of amides is 1. The van der Waals surface area contributed by atoms with Crippen LogP contribution >= 0.6 is 0 Å². The van der Waals surface area contributed by atoms with Gasteiger partial charge in [-0.3, -0.25) is 4.79 Å². The van der Waals surface area contributed by atoms with Crippen LogP contribution in [0.25, 0.3) is 0 Å². The van der Waals surface area contributed by atoms with E-state index in [1.165, 1.54) is 12.8 Å². The fourth-order valence-electron chi connectivity index (χ4n) is 2.14. The highest BCUT2D eigenvalue weighted by Crippen LogP contribution is 2.19. The molecule has 4 heteroatoms. The fourth-order valence-corrected chi connectivity index (χ4v) is 2.14. The van der Waals surface area contributed by atoms with Crippen LogP contribution < -0.4 is 11.1 Å². The minimum Gasteiger partial charge on any atom is -0.361 e. The highest BCUT2D eigenvalue weighted by atomic mass is 16.5. The third-order valence-electron chi connectivity index (χ3n) is 3.71. The first kappa shape index (κ1) is 14.5. The van der Waals surface area contributed by atoms with Crippen LogP contribution in [0.5, 0.6) is 0 Å². The molecule has 0 aromatic heterocycles. The third kappa shape index (κ3) is 4.28. The molecule has 1 fully saturated rings. The van der Waals surface area contributed by atoms with Gasteiger partial charge in [0, 0.05) is 12.6 Å². The van der Waals surface area contributed by atoms with E-state index in [0.717, 1.165) is 19.3 Å². The number of hydrogen-bond acceptors (Lipinski definition) is 3. The van der Waals surface area contributed by atoms with Crippen LogP contribution in [0.1, 0.15) is 52.9 Å². The van der Waals surface area contributed by atoms with Crippen LogP contribution in [-0.4, -0.2) is 30.2 Å². The van der Waals surface area contributed by atoms with Crippen LogP contribution in [0.15, 0.2) is 0 Å². The molecule has 2 atom stereocenters. The van der Waals surface area contributed by atoms with E-state index >= 15 is 0 Å². The highest BCUT2D eigenvalue weighted by molar-refractivity contribution is 5.80. The van der Waals surface area contributed by atoms with Gasteiger partial charge in [0.25, 0.3) is 0 Å². The number of hydrogen-bond donors (Lipinski definition) is 2. The van der Waals surface area contributed by atoms with Crippen LogP contribution in [0.2, 0.25) is 0 Å². The van der Waals surface area contributed by atoms with Crippen molar-refractivity contribution in [3.63, 3.8) is 0 Å². The second-order valence-electron chi connectivity index (χ2n) is 5.26. The second-order valence-corrected chi connectivity index (χ2v) is 5.26. The lowest BCUT2D eigenvalue weighted by Crippen LogP contribution is -2.46. The molecule has 3 N–H and O–H groups in total. The maximum atomic E-state index is 11.9. The Kier molecular flexibility index (Phi) is 5.40. The highest BCUT2D eigenvalue weighted by Gasteiger charge is 2.28. The van der Waals surface area contributed by atoms with Crippen LogP contribution in [0.4, 0.5) is 0 Å². The summed E-state index contributed by atoms with van der Waals surface area (Å²) in [4.78, 5) is 11.9. The Morgan fingerprint density at radius 1 is 1.53 bits per heavy atom. The molecule has 0 bridgehead atoms. The normalized spacial score (nSPS) is 22.1. The van der Waals surface area contributed by atoms with Crippen molar-refractivity contribution in [1.82, 2.24) is 5.32 Å². The Hall–Kier alpha value is -0.610. The van der Waals surface area contributed by atoms with Crippen LogP contribution in [-0.2, 0) is 9.53 Å². The van der Waals surface area contributed by atoms with Crippen molar-refractivity contribution in [2.24, 2.45) is 5.73 Å². The van der Waals surface area contributed by atoms with Crippen molar-refractivity contribution >= 4 is 5.91 Å². The zero-order chi connectivity index (χ0) is 12.9. The maximum absolute atomic E-state index is 11.9. The van der Waals surface area contributed by atoms with E-state index in [-0.39, 0.29) is 5.91 Å². The Morgan fingerprint density at radius 3 is 2.59 bits per heavy atom. The van der Waals surface area contributed by atoms with E-state index in [0.29, 0.717) is 12.6 Å². The van der Waals surface area contributed by atoms with Gasteiger partial charge in [0.05, 0.1) is 5.60 Å². The average Bonchev–Trinajstić information content (AvgIpc) is 2.81. The fraction of sp³-hybridized carbons (Fsp3) is 0.923. The number of nitrogens with two attached hydrogens (primary N) is 1. The Bertz CT molecular complexity index is 246. The van der Waals surface area contributed by atoms with Gasteiger partial charge in [0.2, 0.25) is 5.91 Å². The summed E-state index contributed by atoms with van der Waals surface area (Å²) < 4.78 is 5.77. The van der Waals surface area contributed by atoms with Gasteiger partial charge < -0.3 is 15.8 Å². The van der Waals surface area contributed by atoms with Crippen LogP contribution in [0, 0.1) is 0 Å². The van der Waals surface area contributed by atoms with Crippen molar-refractivity contribution in [2.45, 2.75) is 70.6 Å². The second kappa shape index (κ2) is 6.36. The van der Waals surface area contributed by atoms with E-state index in [1.54, 1.807) is 6.92 Å². The molecule has 0 radical (unpaired) electrons. The van der Waals surface area contributed by atoms with Gasteiger partial charge in [-0.05, 0) is 33.1 Å². The number of nitrogens with one attached hydrogen (secondary N) is 1. The van der Waals surface area contributed by atoms with Crippen molar-refractivity contribution in [3.05, 3.63) is 0 Å². The first-order valence-electron chi connectivity index (χ1n) is 6.69. The third-order valence-corrected chi connectivity index (χ3v) is 3.71. The lowest BCUT2D eigenvalue weighted by atomic mass is 10.0. The Morgan fingerprint density at radius 2 is 2.12 bits per heavy atom. The van der Waals surface area contributed by atoms with E-state index in [4.69, 9.17) is 10.5 Å². The molecule has 1 rings (SSSR count). The Labute approximate surface area is 104 Å². The molecule has 1 saturated carbocycles. The average molecular weight is 242 g/mol. The molecule has 1 aliphatic rings. The van der Waals surface area contributed by atoms with Crippen molar-refractivity contribution in [3.8, 4) is 0 Å².